The number of benzene rings is 1. The molecule has 2 aromatic rings. The number of nitrogens with zero attached hydrogens (tertiary/aromatic N) is 3. The van der Waals surface area contributed by atoms with E-state index in [1.807, 2.05) is 47.9 Å². The van der Waals surface area contributed by atoms with Gasteiger partial charge in [-0.05, 0) is 30.7 Å². The highest BCUT2D eigenvalue weighted by molar-refractivity contribution is 5.73. The molecule has 0 aliphatic rings. The molecule has 2 N–H and O–H groups in total. The molecule has 0 saturated heterocycles. The van der Waals surface area contributed by atoms with Crippen LogP contribution in [0.25, 0.3) is 0 Å². The second kappa shape index (κ2) is 5.86. The number of hydrogen-bond acceptors (Lipinski definition) is 4. The quantitative estimate of drug-likeness (QED) is 0.911. The Labute approximate surface area is 119 Å². The van der Waals surface area contributed by atoms with Gasteiger partial charge in [-0.1, -0.05) is 13.3 Å². The average Bonchev–Trinajstić information content (AvgIpc) is 2.73. The number of rotatable bonds is 5. The molecule has 2 rings (SSSR count). The van der Waals surface area contributed by atoms with Gasteiger partial charge in [0.05, 0.1) is 18.5 Å². The lowest BCUT2D eigenvalue weighted by molar-refractivity contribution is 0.415. The average molecular weight is 274 g/mol. The highest BCUT2D eigenvalue weighted by Crippen LogP contribution is 2.32. The summed E-state index contributed by atoms with van der Waals surface area (Å²) in [7, 11) is 5.57. The van der Waals surface area contributed by atoms with Crippen molar-refractivity contribution < 1.29 is 4.74 Å². The zero-order valence-corrected chi connectivity index (χ0v) is 12.6. The molecule has 0 atom stereocenters. The minimum absolute atomic E-state index is 0.757. The lowest BCUT2D eigenvalue weighted by Crippen LogP contribution is -2.15. The molecular weight excluding hydrogens is 252 g/mol. The van der Waals surface area contributed by atoms with E-state index in [9.17, 15) is 0 Å². The van der Waals surface area contributed by atoms with Gasteiger partial charge in [0.25, 0.3) is 0 Å². The largest absolute Gasteiger partial charge is 0.497 e. The van der Waals surface area contributed by atoms with Crippen molar-refractivity contribution >= 4 is 17.2 Å². The number of anilines is 3. The Morgan fingerprint density at radius 3 is 2.50 bits per heavy atom. The molecule has 1 aromatic carbocycles. The predicted molar refractivity (Wildman–Crippen MR) is 82.7 cm³/mol. The molecule has 1 aromatic heterocycles. The Morgan fingerprint density at radius 2 is 1.95 bits per heavy atom. The van der Waals surface area contributed by atoms with Gasteiger partial charge in [-0.15, -0.1) is 0 Å². The first-order valence-electron chi connectivity index (χ1n) is 6.77. The second-order valence-corrected chi connectivity index (χ2v) is 4.81. The van der Waals surface area contributed by atoms with Gasteiger partial charge in [-0.3, -0.25) is 4.68 Å². The maximum absolute atomic E-state index is 6.23. The van der Waals surface area contributed by atoms with Gasteiger partial charge >= 0.3 is 0 Å². The van der Waals surface area contributed by atoms with Gasteiger partial charge in [-0.25, -0.2) is 0 Å². The SMILES string of the molecule is CCCc1nn(C)c(N(C)c2ccc(OC)cc2)c1N. The number of methoxy groups -OCH3 is 1. The van der Waals surface area contributed by atoms with Crippen molar-refractivity contribution in [3.05, 3.63) is 30.0 Å². The van der Waals surface area contributed by atoms with E-state index in [-0.39, 0.29) is 0 Å². The fourth-order valence-electron chi connectivity index (χ4n) is 2.33. The summed E-state index contributed by atoms with van der Waals surface area (Å²) in [5.74, 6) is 1.76. The minimum atomic E-state index is 0.757. The van der Waals surface area contributed by atoms with E-state index >= 15 is 0 Å². The van der Waals surface area contributed by atoms with Gasteiger partial charge in [0.2, 0.25) is 0 Å². The molecule has 0 aliphatic heterocycles. The van der Waals surface area contributed by atoms with E-state index < -0.39 is 0 Å². The Morgan fingerprint density at radius 1 is 1.30 bits per heavy atom. The van der Waals surface area contributed by atoms with Crippen molar-refractivity contribution in [2.45, 2.75) is 19.8 Å². The molecule has 5 heteroatoms. The molecule has 0 aliphatic carbocycles. The molecule has 0 bridgehead atoms. The Bertz CT molecular complexity index is 574. The summed E-state index contributed by atoms with van der Waals surface area (Å²) in [4.78, 5) is 2.04. The molecule has 0 radical (unpaired) electrons. The molecule has 0 amide bonds. The minimum Gasteiger partial charge on any atom is -0.497 e. The fourth-order valence-corrected chi connectivity index (χ4v) is 2.33. The van der Waals surface area contributed by atoms with Crippen LogP contribution in [0, 0.1) is 0 Å². The van der Waals surface area contributed by atoms with Crippen LogP contribution in [0.3, 0.4) is 0 Å². The highest BCUT2D eigenvalue weighted by Gasteiger charge is 2.17. The predicted octanol–water partition coefficient (Wildman–Crippen LogP) is 2.73. The standard InChI is InChI=1S/C15H22N4O/c1-5-6-13-14(16)15(19(3)17-13)18(2)11-7-9-12(20-4)10-8-11/h7-10H,5-6,16H2,1-4H3. The van der Waals surface area contributed by atoms with Crippen LogP contribution in [-0.2, 0) is 13.5 Å². The zero-order valence-electron chi connectivity index (χ0n) is 12.6. The van der Waals surface area contributed by atoms with Crippen LogP contribution >= 0.6 is 0 Å². The molecule has 108 valence electrons. The number of ether oxygens (including phenoxy) is 1. The van der Waals surface area contributed by atoms with Crippen molar-refractivity contribution in [2.24, 2.45) is 7.05 Å². The van der Waals surface area contributed by atoms with E-state index in [1.54, 1.807) is 7.11 Å². The first-order chi connectivity index (χ1) is 9.58. The van der Waals surface area contributed by atoms with E-state index in [0.29, 0.717) is 0 Å². The first kappa shape index (κ1) is 14.2. The van der Waals surface area contributed by atoms with Crippen LogP contribution in [0.2, 0.25) is 0 Å². The molecule has 5 nitrogen and oxygen atoms in total. The normalized spacial score (nSPS) is 10.6. The molecule has 0 fully saturated rings. The third-order valence-corrected chi connectivity index (χ3v) is 3.39. The van der Waals surface area contributed by atoms with Gasteiger partial charge in [-0.2, -0.15) is 5.10 Å². The smallest absolute Gasteiger partial charge is 0.154 e. The van der Waals surface area contributed by atoms with Crippen molar-refractivity contribution in [3.8, 4) is 5.75 Å². The number of hydrogen-bond donors (Lipinski definition) is 1. The number of aromatic nitrogens is 2. The van der Waals surface area contributed by atoms with Crippen LogP contribution in [0.1, 0.15) is 19.0 Å². The number of nitrogens with two attached hydrogens (primary N) is 1. The van der Waals surface area contributed by atoms with Gasteiger partial charge < -0.3 is 15.4 Å². The van der Waals surface area contributed by atoms with E-state index in [4.69, 9.17) is 10.5 Å². The Hall–Kier alpha value is -2.17. The zero-order chi connectivity index (χ0) is 14.7. The number of nitrogen functional groups attached to an aromatic ring is 1. The van der Waals surface area contributed by atoms with E-state index in [1.165, 1.54) is 0 Å². The second-order valence-electron chi connectivity index (χ2n) is 4.81. The molecule has 20 heavy (non-hydrogen) atoms. The Balaban J connectivity index is 2.34. The van der Waals surface area contributed by atoms with Crippen LogP contribution in [-0.4, -0.2) is 23.9 Å². The summed E-state index contributed by atoms with van der Waals surface area (Å²) < 4.78 is 7.02. The lowest BCUT2D eigenvalue weighted by Gasteiger charge is -2.20. The van der Waals surface area contributed by atoms with Crippen molar-refractivity contribution in [1.82, 2.24) is 9.78 Å². The van der Waals surface area contributed by atoms with Crippen molar-refractivity contribution in [2.75, 3.05) is 24.8 Å². The highest BCUT2D eigenvalue weighted by atomic mass is 16.5. The van der Waals surface area contributed by atoms with E-state index in [2.05, 4.69) is 12.0 Å². The third-order valence-electron chi connectivity index (χ3n) is 3.39. The maximum Gasteiger partial charge on any atom is 0.154 e. The molecule has 0 unspecified atom stereocenters. The number of aryl methyl sites for hydroxylation is 2. The third kappa shape index (κ3) is 2.57. The monoisotopic (exact) mass is 274 g/mol. The fraction of sp³-hybridized carbons (Fsp3) is 0.400. The maximum atomic E-state index is 6.23. The summed E-state index contributed by atoms with van der Waals surface area (Å²) in [6.07, 6.45) is 1.93. The first-order valence-corrected chi connectivity index (χ1v) is 6.77. The van der Waals surface area contributed by atoms with Gasteiger partial charge in [0.1, 0.15) is 5.75 Å². The lowest BCUT2D eigenvalue weighted by atomic mass is 10.2. The Kier molecular flexibility index (Phi) is 4.17. The summed E-state index contributed by atoms with van der Waals surface area (Å²) in [5.41, 5.74) is 9.00. The summed E-state index contributed by atoms with van der Waals surface area (Å²) >= 11 is 0. The summed E-state index contributed by atoms with van der Waals surface area (Å²) in [5, 5.41) is 4.51. The van der Waals surface area contributed by atoms with Crippen LogP contribution < -0.4 is 15.4 Å². The topological polar surface area (TPSA) is 56.3 Å². The summed E-state index contributed by atoms with van der Waals surface area (Å²) in [6.45, 7) is 2.13. The summed E-state index contributed by atoms with van der Waals surface area (Å²) in [6, 6.07) is 7.88. The van der Waals surface area contributed by atoms with Gasteiger partial charge in [0, 0.05) is 19.8 Å². The molecular formula is C15H22N4O. The van der Waals surface area contributed by atoms with Crippen LogP contribution in [0.4, 0.5) is 17.2 Å². The van der Waals surface area contributed by atoms with Crippen LogP contribution in [0.15, 0.2) is 24.3 Å². The van der Waals surface area contributed by atoms with E-state index in [0.717, 1.165) is 41.5 Å². The van der Waals surface area contributed by atoms with Gasteiger partial charge in [0.15, 0.2) is 5.82 Å². The van der Waals surface area contributed by atoms with Crippen molar-refractivity contribution in [3.63, 3.8) is 0 Å². The molecule has 0 spiro atoms. The molecule has 0 saturated carbocycles. The van der Waals surface area contributed by atoms with Crippen LogP contribution in [0.5, 0.6) is 5.75 Å². The molecule has 1 heterocycles. The van der Waals surface area contributed by atoms with Crippen molar-refractivity contribution in [1.29, 1.82) is 0 Å².